The molecule has 20 heavy (non-hydrogen) atoms. The van der Waals surface area contributed by atoms with Gasteiger partial charge in [-0.2, -0.15) is 0 Å². The predicted molar refractivity (Wildman–Crippen MR) is 83.4 cm³/mol. The highest BCUT2D eigenvalue weighted by Crippen LogP contribution is 2.32. The number of likely N-dealkylation sites (tertiary alicyclic amines) is 1. The minimum absolute atomic E-state index is 0.279. The number of nitrogens with zero attached hydrogens (tertiary/aromatic N) is 2. The highest BCUT2D eigenvalue weighted by Gasteiger charge is 2.31. The summed E-state index contributed by atoms with van der Waals surface area (Å²) in [6.45, 7) is 7.58. The lowest BCUT2D eigenvalue weighted by molar-refractivity contribution is 0.241. The lowest BCUT2D eigenvalue weighted by Crippen LogP contribution is -2.32. The normalized spacial score (nSPS) is 25.1. The molecule has 2 aromatic rings. The monoisotopic (exact) mass is 269 g/mol. The van der Waals surface area contributed by atoms with E-state index in [1.165, 1.54) is 10.9 Å². The van der Waals surface area contributed by atoms with Crippen LogP contribution in [0, 0.1) is 11.8 Å². The fourth-order valence-electron chi connectivity index (χ4n) is 3.30. The Morgan fingerprint density at radius 1 is 1.20 bits per heavy atom. The third-order valence-electron chi connectivity index (χ3n) is 4.70. The van der Waals surface area contributed by atoms with Crippen molar-refractivity contribution in [3.63, 3.8) is 0 Å². The van der Waals surface area contributed by atoms with E-state index in [9.17, 15) is 0 Å². The molecule has 0 saturated carbocycles. The van der Waals surface area contributed by atoms with Gasteiger partial charge in [0.2, 0.25) is 0 Å². The van der Waals surface area contributed by atoms with Crippen LogP contribution >= 0.6 is 0 Å². The van der Waals surface area contributed by atoms with Crippen molar-refractivity contribution in [2.24, 2.45) is 17.6 Å². The minimum atomic E-state index is 0.279. The molecular formula is C17H23N3. The van der Waals surface area contributed by atoms with Crippen LogP contribution in [-0.4, -0.2) is 29.5 Å². The van der Waals surface area contributed by atoms with Crippen molar-refractivity contribution >= 4 is 10.9 Å². The summed E-state index contributed by atoms with van der Waals surface area (Å²) in [6.07, 6.45) is 1.87. The highest BCUT2D eigenvalue weighted by molar-refractivity contribution is 5.82. The van der Waals surface area contributed by atoms with Crippen LogP contribution in [0.5, 0.6) is 0 Å². The summed E-state index contributed by atoms with van der Waals surface area (Å²) in [5.74, 6) is 1.49. The fraction of sp³-hybridized carbons (Fsp3) is 0.471. The van der Waals surface area contributed by atoms with Gasteiger partial charge in [-0.25, -0.2) is 0 Å². The maximum absolute atomic E-state index is 6.10. The van der Waals surface area contributed by atoms with Crippen molar-refractivity contribution < 1.29 is 0 Å². The number of para-hydroxylation sites is 1. The molecule has 3 heteroatoms. The molecule has 3 nitrogen and oxygen atoms in total. The third-order valence-corrected chi connectivity index (χ3v) is 4.70. The number of benzene rings is 1. The van der Waals surface area contributed by atoms with Crippen molar-refractivity contribution in [1.82, 2.24) is 9.88 Å². The van der Waals surface area contributed by atoms with Crippen LogP contribution in [0.3, 0.4) is 0 Å². The molecule has 0 amide bonds. The molecule has 0 aliphatic carbocycles. The molecule has 1 fully saturated rings. The van der Waals surface area contributed by atoms with Crippen LogP contribution in [0.25, 0.3) is 10.9 Å². The summed E-state index contributed by atoms with van der Waals surface area (Å²) in [5, 5.41) is 1.20. The Bertz CT molecular complexity index is 580. The molecule has 1 aliphatic heterocycles. The number of nitrogens with two attached hydrogens (primary N) is 1. The predicted octanol–water partition coefficient (Wildman–Crippen LogP) is 2.82. The van der Waals surface area contributed by atoms with Gasteiger partial charge >= 0.3 is 0 Å². The second kappa shape index (κ2) is 5.51. The second-order valence-electron chi connectivity index (χ2n) is 6.08. The molecule has 3 rings (SSSR count). The molecule has 3 atom stereocenters. The number of aromatic nitrogens is 1. The van der Waals surface area contributed by atoms with Crippen LogP contribution in [0.4, 0.5) is 0 Å². The van der Waals surface area contributed by atoms with Crippen LogP contribution in [-0.2, 0) is 0 Å². The minimum Gasteiger partial charge on any atom is -0.329 e. The van der Waals surface area contributed by atoms with E-state index in [0.717, 1.165) is 30.4 Å². The highest BCUT2D eigenvalue weighted by atomic mass is 15.2. The van der Waals surface area contributed by atoms with Gasteiger partial charge < -0.3 is 5.73 Å². The molecule has 106 valence electrons. The molecule has 1 aromatic carbocycles. The first-order valence-electron chi connectivity index (χ1n) is 7.48. The average Bonchev–Trinajstić information content (AvgIpc) is 2.79. The van der Waals surface area contributed by atoms with E-state index in [1.54, 1.807) is 0 Å². The molecule has 2 heterocycles. The van der Waals surface area contributed by atoms with Gasteiger partial charge in [0, 0.05) is 37.3 Å². The largest absolute Gasteiger partial charge is 0.329 e. The Morgan fingerprint density at radius 3 is 2.60 bits per heavy atom. The molecule has 1 aliphatic rings. The first kappa shape index (κ1) is 13.5. The van der Waals surface area contributed by atoms with Crippen LogP contribution in [0.1, 0.15) is 25.5 Å². The zero-order valence-electron chi connectivity index (χ0n) is 12.3. The molecule has 0 bridgehead atoms. The third kappa shape index (κ3) is 2.32. The van der Waals surface area contributed by atoms with Crippen molar-refractivity contribution in [2.75, 3.05) is 19.6 Å². The van der Waals surface area contributed by atoms with Crippen molar-refractivity contribution in [3.8, 4) is 0 Å². The Kier molecular flexibility index (Phi) is 3.72. The summed E-state index contributed by atoms with van der Waals surface area (Å²) < 4.78 is 0. The van der Waals surface area contributed by atoms with E-state index >= 15 is 0 Å². The maximum Gasteiger partial charge on any atom is 0.0750 e. The summed E-state index contributed by atoms with van der Waals surface area (Å²) in [7, 11) is 0. The summed E-state index contributed by atoms with van der Waals surface area (Å²) in [4.78, 5) is 7.10. The van der Waals surface area contributed by atoms with E-state index in [1.807, 2.05) is 12.3 Å². The number of hydrogen-bond donors (Lipinski definition) is 1. The lowest BCUT2D eigenvalue weighted by Gasteiger charge is -2.27. The Morgan fingerprint density at radius 2 is 1.90 bits per heavy atom. The van der Waals surface area contributed by atoms with Gasteiger partial charge in [0.15, 0.2) is 0 Å². The molecule has 3 unspecified atom stereocenters. The second-order valence-corrected chi connectivity index (χ2v) is 6.08. The van der Waals surface area contributed by atoms with Gasteiger partial charge in [0.25, 0.3) is 0 Å². The van der Waals surface area contributed by atoms with Crippen LogP contribution in [0.15, 0.2) is 36.5 Å². The average molecular weight is 269 g/mol. The number of fused-ring (bicyclic) bond motifs is 1. The Balaban J connectivity index is 2.00. The van der Waals surface area contributed by atoms with Gasteiger partial charge in [0.05, 0.1) is 5.52 Å². The van der Waals surface area contributed by atoms with Gasteiger partial charge in [-0.1, -0.05) is 38.1 Å². The summed E-state index contributed by atoms with van der Waals surface area (Å²) >= 11 is 0. The number of rotatable bonds is 3. The first-order chi connectivity index (χ1) is 9.70. The van der Waals surface area contributed by atoms with Crippen molar-refractivity contribution in [1.29, 1.82) is 0 Å². The van der Waals surface area contributed by atoms with E-state index in [0.29, 0.717) is 6.54 Å². The Labute approximate surface area is 120 Å². The molecule has 1 aromatic heterocycles. The van der Waals surface area contributed by atoms with Gasteiger partial charge in [-0.3, -0.25) is 9.88 Å². The zero-order valence-corrected chi connectivity index (χ0v) is 12.3. The first-order valence-corrected chi connectivity index (χ1v) is 7.48. The smallest absolute Gasteiger partial charge is 0.0750 e. The van der Waals surface area contributed by atoms with Crippen molar-refractivity contribution in [2.45, 2.75) is 19.9 Å². The fourth-order valence-corrected chi connectivity index (χ4v) is 3.30. The van der Waals surface area contributed by atoms with Crippen LogP contribution in [0.2, 0.25) is 0 Å². The molecular weight excluding hydrogens is 246 g/mol. The van der Waals surface area contributed by atoms with Gasteiger partial charge in [-0.15, -0.1) is 0 Å². The molecule has 0 spiro atoms. The molecule has 0 radical (unpaired) electrons. The summed E-state index contributed by atoms with van der Waals surface area (Å²) in [6, 6.07) is 10.8. The van der Waals surface area contributed by atoms with E-state index in [2.05, 4.69) is 48.0 Å². The van der Waals surface area contributed by atoms with Crippen molar-refractivity contribution in [3.05, 3.63) is 42.1 Å². The topological polar surface area (TPSA) is 42.1 Å². The summed E-state index contributed by atoms with van der Waals surface area (Å²) in [5.41, 5.74) is 8.46. The number of pyridine rings is 1. The lowest BCUT2D eigenvalue weighted by atomic mass is 10.0. The van der Waals surface area contributed by atoms with E-state index < -0.39 is 0 Å². The Hall–Kier alpha value is -1.45. The molecule has 1 saturated heterocycles. The maximum atomic E-state index is 6.10. The van der Waals surface area contributed by atoms with E-state index in [-0.39, 0.29) is 6.04 Å². The van der Waals surface area contributed by atoms with E-state index in [4.69, 9.17) is 5.73 Å². The SMILES string of the molecule is CC1CN(C(CN)c2cccc3cccnc23)CC1C. The number of hydrogen-bond acceptors (Lipinski definition) is 3. The van der Waals surface area contributed by atoms with Crippen LogP contribution < -0.4 is 5.73 Å². The van der Waals surface area contributed by atoms with Gasteiger partial charge in [-0.05, 0) is 23.5 Å². The quantitative estimate of drug-likeness (QED) is 0.931. The zero-order chi connectivity index (χ0) is 14.1. The van der Waals surface area contributed by atoms with Gasteiger partial charge in [0.1, 0.15) is 0 Å². The molecule has 2 N–H and O–H groups in total. The standard InChI is InChI=1S/C17H23N3/c1-12-10-20(11-13(12)2)16(9-18)15-7-3-5-14-6-4-8-19-17(14)15/h3-8,12-13,16H,9-11,18H2,1-2H3.